The highest BCUT2D eigenvalue weighted by Crippen LogP contribution is 2.20. The molecule has 110 valence electrons. The summed E-state index contributed by atoms with van der Waals surface area (Å²) >= 11 is 0. The van der Waals surface area contributed by atoms with Gasteiger partial charge >= 0.3 is 5.97 Å². The molecule has 5 nitrogen and oxygen atoms in total. The van der Waals surface area contributed by atoms with Crippen LogP contribution in [0.15, 0.2) is 24.3 Å². The van der Waals surface area contributed by atoms with Gasteiger partial charge in [0.2, 0.25) is 0 Å². The number of hydrogen-bond donors (Lipinski definition) is 1. The van der Waals surface area contributed by atoms with Crippen LogP contribution in [-0.4, -0.2) is 45.9 Å². The van der Waals surface area contributed by atoms with Crippen LogP contribution in [0.2, 0.25) is 0 Å². The van der Waals surface area contributed by atoms with E-state index in [4.69, 9.17) is 4.74 Å². The van der Waals surface area contributed by atoms with E-state index in [1.54, 1.807) is 0 Å². The van der Waals surface area contributed by atoms with E-state index >= 15 is 0 Å². The predicted molar refractivity (Wildman–Crippen MR) is 78.3 cm³/mol. The van der Waals surface area contributed by atoms with Gasteiger partial charge in [-0.1, -0.05) is 0 Å². The second-order valence-electron chi connectivity index (χ2n) is 4.76. The molecule has 0 radical (unpaired) electrons. The first-order valence-electron chi connectivity index (χ1n) is 7.05. The fourth-order valence-corrected chi connectivity index (χ4v) is 2.18. The monoisotopic (exact) mass is 278 g/mol. The molecule has 1 aliphatic heterocycles. The molecule has 0 unspecified atom stereocenters. The number of carbonyl (C=O) groups excluding carboxylic acids is 1. The first-order chi connectivity index (χ1) is 9.79. The van der Waals surface area contributed by atoms with Crippen LogP contribution < -0.4 is 15.0 Å². The van der Waals surface area contributed by atoms with Gasteiger partial charge in [0.05, 0.1) is 13.7 Å². The van der Waals surface area contributed by atoms with Crippen molar-refractivity contribution in [2.24, 2.45) is 0 Å². The summed E-state index contributed by atoms with van der Waals surface area (Å²) in [6.07, 6.45) is 1.07. The van der Waals surface area contributed by atoms with E-state index in [9.17, 15) is 4.79 Å². The lowest BCUT2D eigenvalue weighted by molar-refractivity contribution is -0.140. The molecule has 0 atom stereocenters. The number of carbonyl (C=O) groups is 1. The van der Waals surface area contributed by atoms with Crippen molar-refractivity contribution < 1.29 is 14.3 Å². The molecule has 5 heteroatoms. The van der Waals surface area contributed by atoms with Crippen molar-refractivity contribution in [3.8, 4) is 5.75 Å². The van der Waals surface area contributed by atoms with Gasteiger partial charge in [-0.2, -0.15) is 0 Å². The maximum absolute atomic E-state index is 11.0. The van der Waals surface area contributed by atoms with Gasteiger partial charge in [0, 0.05) is 38.3 Å². The second-order valence-corrected chi connectivity index (χ2v) is 4.76. The Hall–Kier alpha value is -1.75. The number of esters is 1. The SMILES string of the molecule is COC(=O)CCCOc1ccc(N2CCNCC2)cc1. The first-order valence-corrected chi connectivity index (χ1v) is 7.05. The van der Waals surface area contributed by atoms with Gasteiger partial charge in [-0.3, -0.25) is 4.79 Å². The van der Waals surface area contributed by atoms with E-state index in [0.717, 1.165) is 31.9 Å². The molecule has 20 heavy (non-hydrogen) atoms. The average molecular weight is 278 g/mol. The van der Waals surface area contributed by atoms with Gasteiger partial charge in [-0.15, -0.1) is 0 Å². The third-order valence-electron chi connectivity index (χ3n) is 3.34. The standard InChI is InChI=1S/C15H22N2O3/c1-19-15(18)3-2-12-20-14-6-4-13(5-7-14)17-10-8-16-9-11-17/h4-7,16H,2-3,8-12H2,1H3. The number of hydrogen-bond acceptors (Lipinski definition) is 5. The van der Waals surface area contributed by atoms with Gasteiger partial charge in [-0.25, -0.2) is 0 Å². The van der Waals surface area contributed by atoms with Gasteiger partial charge in [-0.05, 0) is 30.7 Å². The van der Waals surface area contributed by atoms with Crippen molar-refractivity contribution in [1.29, 1.82) is 0 Å². The second kappa shape index (κ2) is 7.75. The van der Waals surface area contributed by atoms with Crippen molar-refractivity contribution in [3.63, 3.8) is 0 Å². The van der Waals surface area contributed by atoms with Gasteiger partial charge in [0.15, 0.2) is 0 Å². The first kappa shape index (κ1) is 14.7. The Morgan fingerprint density at radius 2 is 1.95 bits per heavy atom. The quantitative estimate of drug-likeness (QED) is 0.630. The van der Waals surface area contributed by atoms with Crippen LogP contribution >= 0.6 is 0 Å². The molecular formula is C15H22N2O3. The minimum absolute atomic E-state index is 0.192. The van der Waals surface area contributed by atoms with Gasteiger partial charge < -0.3 is 19.7 Å². The minimum atomic E-state index is -0.192. The van der Waals surface area contributed by atoms with E-state index in [-0.39, 0.29) is 5.97 Å². The molecule has 1 N–H and O–H groups in total. The third kappa shape index (κ3) is 4.42. The lowest BCUT2D eigenvalue weighted by Crippen LogP contribution is -2.43. The number of nitrogens with zero attached hydrogens (tertiary/aromatic N) is 1. The molecule has 1 heterocycles. The predicted octanol–water partition coefficient (Wildman–Crippen LogP) is 1.43. The number of piperazine rings is 1. The Labute approximate surface area is 119 Å². The van der Waals surface area contributed by atoms with Gasteiger partial charge in [0.25, 0.3) is 0 Å². The molecule has 0 aromatic heterocycles. The molecule has 0 amide bonds. The van der Waals surface area contributed by atoms with Crippen molar-refractivity contribution in [1.82, 2.24) is 5.32 Å². The Kier molecular flexibility index (Phi) is 5.68. The Bertz CT molecular complexity index is 414. The van der Waals surface area contributed by atoms with E-state index in [1.807, 2.05) is 12.1 Å². The average Bonchev–Trinajstić information content (AvgIpc) is 2.52. The maximum atomic E-state index is 11.0. The summed E-state index contributed by atoms with van der Waals surface area (Å²) < 4.78 is 10.2. The molecule has 0 aliphatic carbocycles. The zero-order valence-electron chi connectivity index (χ0n) is 11.9. The minimum Gasteiger partial charge on any atom is -0.494 e. The zero-order valence-corrected chi connectivity index (χ0v) is 11.9. The Morgan fingerprint density at radius 1 is 1.25 bits per heavy atom. The Morgan fingerprint density at radius 3 is 2.60 bits per heavy atom. The van der Waals surface area contributed by atoms with E-state index in [1.165, 1.54) is 12.8 Å². The molecule has 0 bridgehead atoms. The van der Waals surface area contributed by atoms with Crippen molar-refractivity contribution in [2.45, 2.75) is 12.8 Å². The highest BCUT2D eigenvalue weighted by atomic mass is 16.5. The van der Waals surface area contributed by atoms with E-state index in [0.29, 0.717) is 19.4 Å². The Balaban J connectivity index is 1.75. The lowest BCUT2D eigenvalue weighted by atomic mass is 10.2. The number of nitrogens with one attached hydrogen (secondary N) is 1. The van der Waals surface area contributed by atoms with Crippen LogP contribution in [0.25, 0.3) is 0 Å². The zero-order chi connectivity index (χ0) is 14.2. The summed E-state index contributed by atoms with van der Waals surface area (Å²) in [6.45, 7) is 4.68. The van der Waals surface area contributed by atoms with Crippen LogP contribution in [0.3, 0.4) is 0 Å². The summed E-state index contributed by atoms with van der Waals surface area (Å²) in [5.41, 5.74) is 1.23. The topological polar surface area (TPSA) is 50.8 Å². The lowest BCUT2D eigenvalue weighted by Gasteiger charge is -2.29. The molecule has 2 rings (SSSR count). The van der Waals surface area contributed by atoms with Crippen molar-refractivity contribution >= 4 is 11.7 Å². The van der Waals surface area contributed by atoms with E-state index in [2.05, 4.69) is 27.1 Å². The number of methoxy groups -OCH3 is 1. The maximum Gasteiger partial charge on any atom is 0.305 e. The smallest absolute Gasteiger partial charge is 0.305 e. The molecule has 1 aliphatic rings. The summed E-state index contributed by atoms with van der Waals surface area (Å²) in [5, 5.41) is 3.34. The fraction of sp³-hybridized carbons (Fsp3) is 0.533. The van der Waals surface area contributed by atoms with Crippen molar-refractivity contribution in [3.05, 3.63) is 24.3 Å². The van der Waals surface area contributed by atoms with Crippen LogP contribution in [-0.2, 0) is 9.53 Å². The van der Waals surface area contributed by atoms with Gasteiger partial charge in [0.1, 0.15) is 5.75 Å². The fourth-order valence-electron chi connectivity index (χ4n) is 2.18. The van der Waals surface area contributed by atoms with Crippen LogP contribution in [0, 0.1) is 0 Å². The normalized spacial score (nSPS) is 14.9. The van der Waals surface area contributed by atoms with Crippen molar-refractivity contribution in [2.75, 3.05) is 44.8 Å². The number of ether oxygens (including phenoxy) is 2. The van der Waals surface area contributed by atoms with Crippen LogP contribution in [0.5, 0.6) is 5.75 Å². The number of anilines is 1. The molecular weight excluding hydrogens is 256 g/mol. The highest BCUT2D eigenvalue weighted by Gasteiger charge is 2.10. The molecule has 1 aromatic rings. The third-order valence-corrected chi connectivity index (χ3v) is 3.34. The van der Waals surface area contributed by atoms with E-state index < -0.39 is 0 Å². The highest BCUT2D eigenvalue weighted by molar-refractivity contribution is 5.69. The molecule has 1 saturated heterocycles. The summed E-state index contributed by atoms with van der Waals surface area (Å²) in [5.74, 6) is 0.649. The summed E-state index contributed by atoms with van der Waals surface area (Å²) in [4.78, 5) is 13.3. The largest absolute Gasteiger partial charge is 0.494 e. The number of benzene rings is 1. The van der Waals surface area contributed by atoms with Crippen LogP contribution in [0.1, 0.15) is 12.8 Å². The summed E-state index contributed by atoms with van der Waals surface area (Å²) in [7, 11) is 1.40. The molecule has 0 spiro atoms. The molecule has 1 aromatic carbocycles. The molecule has 1 fully saturated rings. The number of rotatable bonds is 6. The molecule has 0 saturated carbocycles. The van der Waals surface area contributed by atoms with Crippen LogP contribution in [0.4, 0.5) is 5.69 Å². The summed E-state index contributed by atoms with van der Waals surface area (Å²) in [6, 6.07) is 8.13.